The van der Waals surface area contributed by atoms with Crippen molar-refractivity contribution in [2.24, 2.45) is 0 Å². The van der Waals surface area contributed by atoms with E-state index < -0.39 is 17.6 Å². The molecule has 2 N–H and O–H groups in total. The van der Waals surface area contributed by atoms with Gasteiger partial charge in [0, 0.05) is 18.5 Å². The highest BCUT2D eigenvalue weighted by Gasteiger charge is 2.32. The number of aromatic hydroxyl groups is 1. The van der Waals surface area contributed by atoms with E-state index in [2.05, 4.69) is 15.3 Å². The van der Waals surface area contributed by atoms with Gasteiger partial charge in [-0.05, 0) is 18.2 Å². The Morgan fingerprint density at radius 2 is 2.03 bits per heavy atom. The van der Waals surface area contributed by atoms with Crippen LogP contribution in [0.1, 0.15) is 20.9 Å². The number of nitrogens with zero attached hydrogens (tertiary/aromatic N) is 4. The average molecular weight is 455 g/mol. The minimum absolute atomic E-state index is 0.0842. The number of pyridine rings is 2. The summed E-state index contributed by atoms with van der Waals surface area (Å²) in [6.07, 6.45) is -0.756. The van der Waals surface area contributed by atoms with E-state index in [0.29, 0.717) is 16.3 Å². The maximum Gasteiger partial charge on any atom is 0.417 e. The molecule has 0 bridgehead atoms. The SMILES string of the molecule is O=C(Nc1ccc(C(F)(F)F)cn1)c1c(O)n(Cc2cnc(Cl)s2)c2cccc[n+]12. The van der Waals surface area contributed by atoms with Crippen LogP contribution in [0.5, 0.6) is 5.88 Å². The number of thiazole rings is 1. The Labute approximate surface area is 176 Å². The molecular formula is C18H12ClF3N5O2S+. The number of imidazole rings is 1. The Bertz CT molecular complexity index is 1240. The number of hydrogen-bond acceptors (Lipinski definition) is 5. The molecule has 0 atom stereocenters. The second kappa shape index (κ2) is 7.58. The molecule has 4 heterocycles. The van der Waals surface area contributed by atoms with Crippen molar-refractivity contribution in [3.05, 3.63) is 69.5 Å². The van der Waals surface area contributed by atoms with Gasteiger partial charge >= 0.3 is 18.0 Å². The van der Waals surface area contributed by atoms with Crippen molar-refractivity contribution >= 4 is 40.3 Å². The van der Waals surface area contributed by atoms with Crippen LogP contribution in [0.25, 0.3) is 5.65 Å². The van der Waals surface area contributed by atoms with E-state index in [-0.39, 0.29) is 23.9 Å². The third-order valence-corrected chi connectivity index (χ3v) is 5.31. The molecule has 4 rings (SSSR count). The lowest BCUT2D eigenvalue weighted by Crippen LogP contribution is -2.30. The highest BCUT2D eigenvalue weighted by atomic mass is 35.5. The maximum absolute atomic E-state index is 12.8. The van der Waals surface area contributed by atoms with Crippen LogP contribution < -0.4 is 9.72 Å². The number of halogens is 4. The number of rotatable bonds is 4. The van der Waals surface area contributed by atoms with E-state index in [9.17, 15) is 23.1 Å². The third-order valence-electron chi connectivity index (χ3n) is 4.21. The summed E-state index contributed by atoms with van der Waals surface area (Å²) in [5, 5.41) is 13.2. The number of fused-ring (bicyclic) bond motifs is 1. The first-order valence-corrected chi connectivity index (χ1v) is 9.60. The highest BCUT2D eigenvalue weighted by molar-refractivity contribution is 7.15. The predicted molar refractivity (Wildman–Crippen MR) is 103 cm³/mol. The van der Waals surface area contributed by atoms with Gasteiger partial charge < -0.3 is 10.4 Å². The van der Waals surface area contributed by atoms with Gasteiger partial charge in [-0.3, -0.25) is 4.79 Å². The molecule has 0 aliphatic carbocycles. The number of aromatic nitrogens is 4. The topological polar surface area (TPSA) is 84.1 Å². The van der Waals surface area contributed by atoms with E-state index in [1.165, 1.54) is 20.3 Å². The van der Waals surface area contributed by atoms with Crippen molar-refractivity contribution in [2.45, 2.75) is 12.7 Å². The Morgan fingerprint density at radius 3 is 2.67 bits per heavy atom. The number of anilines is 1. The molecule has 1 amide bonds. The zero-order valence-electron chi connectivity index (χ0n) is 14.9. The molecule has 0 spiro atoms. The number of carbonyl (C=O) groups excluding carboxylic acids is 1. The van der Waals surface area contributed by atoms with Gasteiger partial charge in [-0.1, -0.05) is 17.7 Å². The first-order valence-electron chi connectivity index (χ1n) is 8.40. The molecule has 30 heavy (non-hydrogen) atoms. The number of amides is 1. The van der Waals surface area contributed by atoms with Crippen LogP contribution in [0.15, 0.2) is 48.9 Å². The molecule has 4 aromatic heterocycles. The monoisotopic (exact) mass is 454 g/mol. The second-order valence-electron chi connectivity index (χ2n) is 6.15. The molecule has 0 aliphatic rings. The lowest BCUT2D eigenvalue weighted by atomic mass is 10.3. The molecule has 0 saturated carbocycles. The Hall–Kier alpha value is -3.18. The molecule has 0 aliphatic heterocycles. The van der Waals surface area contributed by atoms with Crippen molar-refractivity contribution in [3.8, 4) is 5.88 Å². The molecule has 0 unspecified atom stereocenters. The van der Waals surface area contributed by atoms with Crippen LogP contribution in [-0.4, -0.2) is 25.5 Å². The van der Waals surface area contributed by atoms with Crippen molar-refractivity contribution < 1.29 is 27.5 Å². The lowest BCUT2D eigenvalue weighted by molar-refractivity contribution is -0.513. The quantitative estimate of drug-likeness (QED) is 0.460. The predicted octanol–water partition coefficient (Wildman–Crippen LogP) is 3.76. The van der Waals surface area contributed by atoms with E-state index in [0.717, 1.165) is 17.0 Å². The van der Waals surface area contributed by atoms with E-state index in [1.54, 1.807) is 30.6 Å². The number of hydrogen-bond donors (Lipinski definition) is 2. The van der Waals surface area contributed by atoms with Crippen LogP contribution in [-0.2, 0) is 12.7 Å². The van der Waals surface area contributed by atoms with Crippen LogP contribution in [0.2, 0.25) is 4.47 Å². The Kier molecular flexibility index (Phi) is 5.08. The molecule has 154 valence electrons. The molecule has 0 saturated heterocycles. The Morgan fingerprint density at radius 1 is 1.23 bits per heavy atom. The molecule has 0 radical (unpaired) electrons. The van der Waals surface area contributed by atoms with E-state index >= 15 is 0 Å². The van der Waals surface area contributed by atoms with Crippen LogP contribution in [0.4, 0.5) is 19.0 Å². The molecule has 7 nitrogen and oxygen atoms in total. The second-order valence-corrected chi connectivity index (χ2v) is 7.85. The highest BCUT2D eigenvalue weighted by Crippen LogP contribution is 2.29. The van der Waals surface area contributed by atoms with E-state index in [1.807, 2.05) is 0 Å². The first-order chi connectivity index (χ1) is 14.2. The zero-order chi connectivity index (χ0) is 21.5. The lowest BCUT2D eigenvalue weighted by Gasteiger charge is -2.07. The van der Waals surface area contributed by atoms with Gasteiger partial charge in [0.2, 0.25) is 0 Å². The number of carbonyl (C=O) groups is 1. The summed E-state index contributed by atoms with van der Waals surface area (Å²) in [5.41, 5.74) is -0.509. The largest absolute Gasteiger partial charge is 0.474 e. The van der Waals surface area contributed by atoms with Gasteiger partial charge in [0.05, 0.1) is 16.6 Å². The van der Waals surface area contributed by atoms with Gasteiger partial charge in [0.15, 0.2) is 4.47 Å². The minimum Gasteiger partial charge on any atom is -0.474 e. The Balaban J connectivity index is 1.68. The fourth-order valence-corrected chi connectivity index (χ4v) is 3.84. The minimum atomic E-state index is -4.53. The van der Waals surface area contributed by atoms with Gasteiger partial charge in [0.1, 0.15) is 12.4 Å². The summed E-state index contributed by atoms with van der Waals surface area (Å²) in [6, 6.07) is 6.97. The molecule has 0 aromatic carbocycles. The average Bonchev–Trinajstić information content (AvgIpc) is 3.23. The first kappa shape index (κ1) is 20.1. The molecular weight excluding hydrogens is 443 g/mol. The number of alkyl halides is 3. The van der Waals surface area contributed by atoms with Crippen LogP contribution in [0.3, 0.4) is 0 Å². The molecule has 0 fully saturated rings. The number of nitrogens with one attached hydrogen (secondary N) is 1. The smallest absolute Gasteiger partial charge is 0.417 e. The molecule has 12 heteroatoms. The zero-order valence-corrected chi connectivity index (χ0v) is 16.5. The summed E-state index contributed by atoms with van der Waals surface area (Å²) in [6.45, 7) is 0.218. The summed E-state index contributed by atoms with van der Waals surface area (Å²) >= 11 is 7.09. The summed E-state index contributed by atoms with van der Waals surface area (Å²) in [5.74, 6) is -1.14. The summed E-state index contributed by atoms with van der Waals surface area (Å²) in [4.78, 5) is 21.1. The van der Waals surface area contributed by atoms with Gasteiger partial charge in [0.25, 0.3) is 11.3 Å². The van der Waals surface area contributed by atoms with E-state index in [4.69, 9.17) is 11.6 Å². The van der Waals surface area contributed by atoms with Gasteiger partial charge in [-0.15, -0.1) is 11.3 Å². The third kappa shape index (κ3) is 3.81. The summed E-state index contributed by atoms with van der Waals surface area (Å²) in [7, 11) is 0. The van der Waals surface area contributed by atoms with Gasteiger partial charge in [-0.2, -0.15) is 22.1 Å². The van der Waals surface area contributed by atoms with Crippen molar-refractivity contribution in [2.75, 3.05) is 5.32 Å². The normalized spacial score (nSPS) is 11.7. The van der Waals surface area contributed by atoms with Crippen LogP contribution in [0, 0.1) is 0 Å². The van der Waals surface area contributed by atoms with Crippen molar-refractivity contribution in [3.63, 3.8) is 0 Å². The van der Waals surface area contributed by atoms with Gasteiger partial charge in [-0.25, -0.2) is 9.97 Å². The standard InChI is InChI=1S/C18H11ClF3N5O2S/c19-17-24-8-11(30-17)9-27-13-3-1-2-6-26(13)14(16(27)29)15(28)25-12-5-4-10(7-23-12)18(20,21)22/h1-8H,9H2,(H-,23,25,28,29)/p+1. The summed E-state index contributed by atoms with van der Waals surface area (Å²) < 4.78 is 41.4. The maximum atomic E-state index is 12.8. The van der Waals surface area contributed by atoms with Crippen molar-refractivity contribution in [1.29, 1.82) is 0 Å². The fraction of sp³-hybridized carbons (Fsp3) is 0.111. The molecule has 4 aromatic rings. The van der Waals surface area contributed by atoms with Crippen LogP contribution >= 0.6 is 22.9 Å². The fourth-order valence-electron chi connectivity index (χ4n) is 2.88. The van der Waals surface area contributed by atoms with Crippen molar-refractivity contribution in [1.82, 2.24) is 14.5 Å².